The van der Waals surface area contributed by atoms with E-state index in [1.165, 1.54) is 7.11 Å². The molecule has 0 saturated carbocycles. The first-order valence-corrected chi connectivity index (χ1v) is 8.03. The van der Waals surface area contributed by atoms with Gasteiger partial charge in [-0.2, -0.15) is 0 Å². The zero-order chi connectivity index (χ0) is 18.1. The van der Waals surface area contributed by atoms with Crippen LogP contribution in [0, 0.1) is 0 Å². The van der Waals surface area contributed by atoms with E-state index in [1.54, 1.807) is 30.2 Å². The molecule has 0 fully saturated rings. The Morgan fingerprint density at radius 3 is 2.52 bits per heavy atom. The van der Waals surface area contributed by atoms with Crippen LogP contribution in [-0.4, -0.2) is 49.8 Å². The average Bonchev–Trinajstić information content (AvgIpc) is 2.67. The molecular weight excluding hydrogens is 318 g/mol. The summed E-state index contributed by atoms with van der Waals surface area (Å²) in [4.78, 5) is 14.4. The molecule has 5 nitrogen and oxygen atoms in total. The number of aliphatic hydroxyl groups excluding tert-OH is 1. The van der Waals surface area contributed by atoms with Crippen molar-refractivity contribution in [3.05, 3.63) is 65.7 Å². The highest BCUT2D eigenvalue weighted by Gasteiger charge is 2.19. The Morgan fingerprint density at radius 2 is 1.88 bits per heavy atom. The molecule has 132 valence electrons. The fourth-order valence-electron chi connectivity index (χ4n) is 2.43. The van der Waals surface area contributed by atoms with Crippen molar-refractivity contribution in [3.8, 4) is 11.5 Å². The van der Waals surface area contributed by atoms with Gasteiger partial charge >= 0.3 is 0 Å². The van der Waals surface area contributed by atoms with E-state index in [-0.39, 0.29) is 19.1 Å². The third kappa shape index (κ3) is 5.09. The van der Waals surface area contributed by atoms with E-state index in [4.69, 9.17) is 9.47 Å². The highest BCUT2D eigenvalue weighted by Crippen LogP contribution is 2.25. The van der Waals surface area contributed by atoms with Gasteiger partial charge in [-0.1, -0.05) is 42.5 Å². The Bertz CT molecular complexity index is 713. The van der Waals surface area contributed by atoms with Crippen LogP contribution >= 0.6 is 0 Å². The molecule has 5 heteroatoms. The number of amides is 1. The molecule has 0 spiro atoms. The summed E-state index contributed by atoms with van der Waals surface area (Å²) in [5.74, 6) is 0.830. The van der Waals surface area contributed by atoms with Gasteiger partial charge in [0.15, 0.2) is 0 Å². The number of carbonyl (C=O) groups excluding carboxylic acids is 1. The van der Waals surface area contributed by atoms with Crippen LogP contribution in [0.2, 0.25) is 0 Å². The fourth-order valence-corrected chi connectivity index (χ4v) is 2.43. The molecule has 0 aliphatic heterocycles. The summed E-state index contributed by atoms with van der Waals surface area (Å²) in [5, 5.41) is 9.30. The summed E-state index contributed by atoms with van der Waals surface area (Å²) >= 11 is 0. The minimum atomic E-state index is -0.220. The number of hydrogen-bond acceptors (Lipinski definition) is 4. The van der Waals surface area contributed by atoms with E-state index in [2.05, 4.69) is 0 Å². The van der Waals surface area contributed by atoms with Crippen LogP contribution in [0.1, 0.15) is 15.9 Å². The second-order valence-electron chi connectivity index (χ2n) is 5.35. The number of benzene rings is 2. The SMILES string of the molecule is COc1ccc(OC)c(C(=O)N(CC=Cc2ccccc2)CCO)c1. The fraction of sp³-hybridized carbons (Fsp3) is 0.250. The first-order chi connectivity index (χ1) is 12.2. The number of nitrogens with zero attached hydrogens (tertiary/aromatic N) is 1. The topological polar surface area (TPSA) is 59.0 Å². The summed E-state index contributed by atoms with van der Waals surface area (Å²) in [6.45, 7) is 0.504. The van der Waals surface area contributed by atoms with E-state index < -0.39 is 0 Å². The van der Waals surface area contributed by atoms with Crippen LogP contribution in [0.3, 0.4) is 0 Å². The van der Waals surface area contributed by atoms with Gasteiger partial charge in [-0.25, -0.2) is 0 Å². The number of ether oxygens (including phenoxy) is 2. The van der Waals surface area contributed by atoms with Crippen molar-refractivity contribution in [3.63, 3.8) is 0 Å². The van der Waals surface area contributed by atoms with E-state index in [1.807, 2.05) is 42.5 Å². The maximum Gasteiger partial charge on any atom is 0.258 e. The molecule has 0 aliphatic carbocycles. The maximum atomic E-state index is 12.9. The Hall–Kier alpha value is -2.79. The van der Waals surface area contributed by atoms with Crippen LogP contribution < -0.4 is 9.47 Å². The van der Waals surface area contributed by atoms with Crippen molar-refractivity contribution in [2.24, 2.45) is 0 Å². The Morgan fingerprint density at radius 1 is 1.12 bits per heavy atom. The van der Waals surface area contributed by atoms with E-state index >= 15 is 0 Å². The number of carbonyl (C=O) groups is 1. The summed E-state index contributed by atoms with van der Waals surface area (Å²) in [6.07, 6.45) is 3.84. The van der Waals surface area contributed by atoms with E-state index in [0.717, 1.165) is 5.56 Å². The molecule has 0 aromatic heterocycles. The lowest BCUT2D eigenvalue weighted by Gasteiger charge is -2.21. The Labute approximate surface area is 148 Å². The van der Waals surface area contributed by atoms with Gasteiger partial charge in [-0.15, -0.1) is 0 Å². The second kappa shape index (κ2) is 9.49. The first-order valence-electron chi connectivity index (χ1n) is 8.03. The molecule has 0 aliphatic rings. The molecule has 0 atom stereocenters. The molecule has 0 heterocycles. The van der Waals surface area contributed by atoms with Gasteiger partial charge in [0.2, 0.25) is 0 Å². The van der Waals surface area contributed by atoms with E-state index in [0.29, 0.717) is 23.6 Å². The molecule has 1 amide bonds. The van der Waals surface area contributed by atoms with Gasteiger partial charge in [0.1, 0.15) is 11.5 Å². The minimum absolute atomic E-state index is 0.114. The second-order valence-corrected chi connectivity index (χ2v) is 5.35. The summed E-state index contributed by atoms with van der Waals surface area (Å²) in [5.41, 5.74) is 1.46. The predicted molar refractivity (Wildman–Crippen MR) is 98.0 cm³/mol. The van der Waals surface area contributed by atoms with Crippen LogP contribution in [0.4, 0.5) is 0 Å². The van der Waals surface area contributed by atoms with Crippen molar-refractivity contribution in [1.29, 1.82) is 0 Å². The summed E-state index contributed by atoms with van der Waals surface area (Å²) in [7, 11) is 3.06. The van der Waals surface area contributed by atoms with Crippen LogP contribution in [0.15, 0.2) is 54.6 Å². The van der Waals surface area contributed by atoms with Crippen molar-refractivity contribution in [2.45, 2.75) is 0 Å². The maximum absolute atomic E-state index is 12.9. The zero-order valence-electron chi connectivity index (χ0n) is 14.5. The molecule has 0 unspecified atom stereocenters. The smallest absolute Gasteiger partial charge is 0.258 e. The molecule has 0 bridgehead atoms. The quantitative estimate of drug-likeness (QED) is 0.802. The lowest BCUT2D eigenvalue weighted by atomic mass is 10.1. The molecule has 25 heavy (non-hydrogen) atoms. The Kier molecular flexibility index (Phi) is 7.04. The molecule has 2 aromatic rings. The van der Waals surface area contributed by atoms with Gasteiger partial charge in [0.25, 0.3) is 5.91 Å². The standard InChI is InChI=1S/C20H23NO4/c1-24-17-10-11-19(25-2)18(15-17)20(23)21(13-14-22)12-6-9-16-7-4-3-5-8-16/h3-11,15,22H,12-14H2,1-2H3. The predicted octanol–water partition coefficient (Wildman–Crippen LogP) is 2.85. The molecule has 2 aromatic carbocycles. The molecule has 2 rings (SSSR count). The number of methoxy groups -OCH3 is 2. The Balaban J connectivity index is 2.18. The minimum Gasteiger partial charge on any atom is -0.497 e. The first kappa shape index (κ1) is 18.5. The third-order valence-corrected chi connectivity index (χ3v) is 3.73. The largest absolute Gasteiger partial charge is 0.497 e. The molecule has 0 saturated heterocycles. The monoisotopic (exact) mass is 341 g/mol. The van der Waals surface area contributed by atoms with E-state index in [9.17, 15) is 9.90 Å². The molecule has 1 N–H and O–H groups in total. The van der Waals surface area contributed by atoms with Gasteiger partial charge < -0.3 is 19.5 Å². The highest BCUT2D eigenvalue weighted by molar-refractivity contribution is 5.97. The molecule has 0 radical (unpaired) electrons. The van der Waals surface area contributed by atoms with Crippen LogP contribution in [-0.2, 0) is 0 Å². The van der Waals surface area contributed by atoms with Crippen LogP contribution in [0.5, 0.6) is 11.5 Å². The van der Waals surface area contributed by atoms with Crippen molar-refractivity contribution in [1.82, 2.24) is 4.90 Å². The lowest BCUT2D eigenvalue weighted by Crippen LogP contribution is -2.34. The number of hydrogen-bond donors (Lipinski definition) is 1. The lowest BCUT2D eigenvalue weighted by molar-refractivity contribution is 0.0739. The van der Waals surface area contributed by atoms with Gasteiger partial charge in [-0.3, -0.25) is 4.79 Å². The summed E-state index contributed by atoms with van der Waals surface area (Å²) < 4.78 is 10.5. The zero-order valence-corrected chi connectivity index (χ0v) is 14.5. The van der Waals surface area contributed by atoms with Gasteiger partial charge in [-0.05, 0) is 23.8 Å². The normalized spacial score (nSPS) is 10.7. The number of rotatable bonds is 8. The van der Waals surface area contributed by atoms with Crippen molar-refractivity contribution in [2.75, 3.05) is 33.9 Å². The van der Waals surface area contributed by atoms with Gasteiger partial charge in [0.05, 0.1) is 26.4 Å². The van der Waals surface area contributed by atoms with Crippen molar-refractivity contribution < 1.29 is 19.4 Å². The summed E-state index contributed by atoms with van der Waals surface area (Å²) in [6, 6.07) is 14.9. The third-order valence-electron chi connectivity index (χ3n) is 3.73. The number of aliphatic hydroxyl groups is 1. The average molecular weight is 341 g/mol. The molecular formula is C20H23NO4. The van der Waals surface area contributed by atoms with Crippen LogP contribution in [0.25, 0.3) is 6.08 Å². The van der Waals surface area contributed by atoms with Gasteiger partial charge in [0, 0.05) is 13.1 Å². The highest BCUT2D eigenvalue weighted by atomic mass is 16.5. The van der Waals surface area contributed by atoms with Crippen molar-refractivity contribution >= 4 is 12.0 Å².